The summed E-state index contributed by atoms with van der Waals surface area (Å²) in [6.45, 7) is 0. The molecule has 0 unspecified atom stereocenters. The minimum absolute atomic E-state index is 0.152. The second kappa shape index (κ2) is 6.83. The Morgan fingerprint density at radius 2 is 1.57 bits per heavy atom. The molecule has 0 radical (unpaired) electrons. The molecule has 0 bridgehead atoms. The number of hydrogen-bond donors (Lipinski definition) is 1. The van der Waals surface area contributed by atoms with Crippen LogP contribution in [-0.2, 0) is 17.1 Å². The number of nitrogens with one attached hydrogen (secondary N) is 1. The van der Waals surface area contributed by atoms with Crippen molar-refractivity contribution in [2.75, 3.05) is 4.72 Å². The van der Waals surface area contributed by atoms with Crippen molar-refractivity contribution in [2.45, 2.75) is 4.90 Å². The number of aromatic nitrogens is 2. The lowest BCUT2D eigenvalue weighted by atomic mass is 10.0. The molecule has 0 fully saturated rings. The first-order valence-corrected chi connectivity index (χ1v) is 10.0. The molecule has 7 heteroatoms. The number of nitriles is 1. The summed E-state index contributed by atoms with van der Waals surface area (Å²) >= 11 is 0. The maximum absolute atomic E-state index is 12.7. The third-order valence-electron chi connectivity index (χ3n) is 4.47. The summed E-state index contributed by atoms with van der Waals surface area (Å²) in [4.78, 5) is 4.52. The number of pyridine rings is 1. The Morgan fingerprint density at radius 1 is 0.929 bits per heavy atom. The van der Waals surface area contributed by atoms with Crippen molar-refractivity contribution < 1.29 is 8.42 Å². The minimum atomic E-state index is -3.75. The van der Waals surface area contributed by atoms with Crippen LogP contribution in [-0.4, -0.2) is 18.0 Å². The molecule has 0 saturated heterocycles. The Bertz CT molecular complexity index is 1300. The van der Waals surface area contributed by atoms with Gasteiger partial charge in [0, 0.05) is 18.6 Å². The number of nitrogens with zero attached hydrogens (tertiary/aromatic N) is 3. The summed E-state index contributed by atoms with van der Waals surface area (Å²) in [7, 11) is -1.90. The monoisotopic (exact) mass is 388 g/mol. The van der Waals surface area contributed by atoms with Gasteiger partial charge in [-0.1, -0.05) is 24.3 Å². The van der Waals surface area contributed by atoms with E-state index in [0.717, 1.165) is 16.5 Å². The molecule has 2 aromatic heterocycles. The third-order valence-corrected chi connectivity index (χ3v) is 5.84. The van der Waals surface area contributed by atoms with Crippen molar-refractivity contribution in [3.05, 3.63) is 78.5 Å². The molecular formula is C21H16N4O2S. The molecule has 0 spiro atoms. The zero-order valence-electron chi connectivity index (χ0n) is 15.0. The molecule has 2 heterocycles. The van der Waals surface area contributed by atoms with Gasteiger partial charge in [-0.25, -0.2) is 13.4 Å². The van der Waals surface area contributed by atoms with Crippen LogP contribution in [0.1, 0.15) is 5.56 Å². The van der Waals surface area contributed by atoms with Gasteiger partial charge in [-0.3, -0.25) is 4.72 Å². The fraction of sp³-hybridized carbons (Fsp3) is 0.0476. The summed E-state index contributed by atoms with van der Waals surface area (Å²) in [5.41, 5.74) is 3.06. The maximum atomic E-state index is 12.7. The van der Waals surface area contributed by atoms with Crippen LogP contribution in [0.5, 0.6) is 0 Å². The fourth-order valence-corrected chi connectivity index (χ4v) is 3.95. The Morgan fingerprint density at radius 3 is 2.21 bits per heavy atom. The molecule has 2 aromatic carbocycles. The molecule has 6 nitrogen and oxygen atoms in total. The van der Waals surface area contributed by atoms with Crippen molar-refractivity contribution in [1.29, 1.82) is 5.26 Å². The molecule has 4 aromatic rings. The molecule has 1 N–H and O–H groups in total. The van der Waals surface area contributed by atoms with Gasteiger partial charge in [0.2, 0.25) is 0 Å². The highest BCUT2D eigenvalue weighted by molar-refractivity contribution is 7.92. The van der Waals surface area contributed by atoms with Crippen LogP contribution in [0.4, 0.5) is 5.82 Å². The van der Waals surface area contributed by atoms with E-state index in [0.29, 0.717) is 11.2 Å². The maximum Gasteiger partial charge on any atom is 0.263 e. The molecule has 0 amide bonds. The average Bonchev–Trinajstić information content (AvgIpc) is 3.08. The van der Waals surface area contributed by atoms with Crippen LogP contribution in [0.3, 0.4) is 0 Å². The number of fused-ring (bicyclic) bond motifs is 1. The van der Waals surface area contributed by atoms with Crippen molar-refractivity contribution in [2.24, 2.45) is 7.05 Å². The van der Waals surface area contributed by atoms with Crippen molar-refractivity contribution in [3.8, 4) is 17.2 Å². The van der Waals surface area contributed by atoms with Gasteiger partial charge in [-0.05, 0) is 53.6 Å². The highest BCUT2D eigenvalue weighted by Crippen LogP contribution is 2.23. The number of hydrogen-bond acceptors (Lipinski definition) is 4. The number of benzene rings is 2. The minimum Gasteiger partial charge on any atom is -0.336 e. The summed E-state index contributed by atoms with van der Waals surface area (Å²) in [5, 5.41) is 9.82. The molecular weight excluding hydrogens is 372 g/mol. The van der Waals surface area contributed by atoms with E-state index in [1.165, 1.54) is 0 Å². The highest BCUT2D eigenvalue weighted by Gasteiger charge is 2.15. The molecule has 4 rings (SSSR count). The lowest BCUT2D eigenvalue weighted by molar-refractivity contribution is 0.601. The van der Waals surface area contributed by atoms with Gasteiger partial charge >= 0.3 is 0 Å². The third kappa shape index (κ3) is 3.33. The van der Waals surface area contributed by atoms with Crippen molar-refractivity contribution >= 4 is 26.9 Å². The Balaban J connectivity index is 1.59. The number of sulfonamides is 1. The lowest BCUT2D eigenvalue weighted by Gasteiger charge is -2.09. The van der Waals surface area contributed by atoms with Crippen LogP contribution >= 0.6 is 0 Å². The van der Waals surface area contributed by atoms with E-state index in [1.807, 2.05) is 42.1 Å². The zero-order chi connectivity index (χ0) is 19.7. The van der Waals surface area contributed by atoms with E-state index in [2.05, 4.69) is 15.8 Å². The fourth-order valence-electron chi connectivity index (χ4n) is 2.95. The normalized spacial score (nSPS) is 11.3. The Labute approximate surface area is 162 Å². The highest BCUT2D eigenvalue weighted by atomic mass is 32.2. The molecule has 0 aliphatic rings. The van der Waals surface area contributed by atoms with Gasteiger partial charge in [0.25, 0.3) is 10.0 Å². The van der Waals surface area contributed by atoms with E-state index in [1.54, 1.807) is 42.5 Å². The Hall–Kier alpha value is -3.63. The quantitative estimate of drug-likeness (QED) is 0.574. The standard InChI is InChI=1S/C21H16N4O2S/c1-25-13-12-18-8-11-20(23-21(18)25)24-28(26,27)19-9-6-17(7-10-19)16-4-2-15(14-22)3-5-16/h2-13H,1H3,(H,23,24). The van der Waals surface area contributed by atoms with Crippen molar-refractivity contribution in [3.63, 3.8) is 0 Å². The smallest absolute Gasteiger partial charge is 0.263 e. The van der Waals surface area contributed by atoms with Gasteiger partial charge in [-0.2, -0.15) is 5.26 Å². The SMILES string of the molecule is Cn1ccc2ccc(NS(=O)(=O)c3ccc(-c4ccc(C#N)cc4)cc3)nc21. The van der Waals surface area contributed by atoms with Crippen LogP contribution in [0.2, 0.25) is 0 Å². The number of aryl methyl sites for hydroxylation is 1. The van der Waals surface area contributed by atoms with E-state index >= 15 is 0 Å². The summed E-state index contributed by atoms with van der Waals surface area (Å²) in [5.74, 6) is 0.269. The molecule has 0 saturated carbocycles. The second-order valence-electron chi connectivity index (χ2n) is 6.35. The summed E-state index contributed by atoms with van der Waals surface area (Å²) in [6, 6.07) is 21.2. The molecule has 28 heavy (non-hydrogen) atoms. The molecule has 0 aliphatic carbocycles. The number of anilines is 1. The van der Waals surface area contributed by atoms with Gasteiger partial charge in [-0.15, -0.1) is 0 Å². The van der Waals surface area contributed by atoms with Gasteiger partial charge in [0.05, 0.1) is 16.5 Å². The first kappa shape index (κ1) is 17.8. The topological polar surface area (TPSA) is 87.8 Å². The Kier molecular flexibility index (Phi) is 4.34. The zero-order valence-corrected chi connectivity index (χ0v) is 15.8. The first-order chi connectivity index (χ1) is 13.5. The first-order valence-electron chi connectivity index (χ1n) is 8.52. The lowest BCUT2D eigenvalue weighted by Crippen LogP contribution is -2.14. The van der Waals surface area contributed by atoms with Crippen LogP contribution in [0, 0.1) is 11.3 Å². The van der Waals surface area contributed by atoms with E-state index in [9.17, 15) is 8.42 Å². The van der Waals surface area contributed by atoms with Crippen LogP contribution < -0.4 is 4.72 Å². The molecule has 138 valence electrons. The second-order valence-corrected chi connectivity index (χ2v) is 8.04. The van der Waals surface area contributed by atoms with E-state index in [-0.39, 0.29) is 10.7 Å². The summed E-state index contributed by atoms with van der Waals surface area (Å²) in [6.07, 6.45) is 1.87. The largest absolute Gasteiger partial charge is 0.336 e. The molecule has 0 atom stereocenters. The van der Waals surface area contributed by atoms with Crippen molar-refractivity contribution in [1.82, 2.24) is 9.55 Å². The predicted octanol–water partition coefficient (Wildman–Crippen LogP) is 3.91. The van der Waals surface area contributed by atoms with Gasteiger partial charge < -0.3 is 4.57 Å². The number of rotatable bonds is 4. The van der Waals surface area contributed by atoms with Gasteiger partial charge in [0.1, 0.15) is 11.5 Å². The van der Waals surface area contributed by atoms with E-state index < -0.39 is 10.0 Å². The molecule has 0 aliphatic heterocycles. The van der Waals surface area contributed by atoms with Gasteiger partial charge in [0.15, 0.2) is 0 Å². The average molecular weight is 388 g/mol. The predicted molar refractivity (Wildman–Crippen MR) is 108 cm³/mol. The van der Waals surface area contributed by atoms with Crippen LogP contribution in [0.25, 0.3) is 22.2 Å². The summed E-state index contributed by atoms with van der Waals surface area (Å²) < 4.78 is 29.8. The van der Waals surface area contributed by atoms with E-state index in [4.69, 9.17) is 5.26 Å². The van der Waals surface area contributed by atoms with Crippen LogP contribution in [0.15, 0.2) is 77.8 Å².